The highest BCUT2D eigenvalue weighted by Crippen LogP contribution is 2.20. The Balaban J connectivity index is 2.46. The summed E-state index contributed by atoms with van der Waals surface area (Å²) in [5.41, 5.74) is 7.60. The maximum Gasteiger partial charge on any atom is 0.162 e. The quantitative estimate of drug-likeness (QED) is 0.801. The Morgan fingerprint density at radius 3 is 2.53 bits per heavy atom. The van der Waals surface area contributed by atoms with Gasteiger partial charge in [0.25, 0.3) is 0 Å². The van der Waals surface area contributed by atoms with E-state index in [-0.39, 0.29) is 0 Å². The Bertz CT molecular complexity index is 453. The number of nitrogens with zero attached hydrogens (tertiary/aromatic N) is 3. The summed E-state index contributed by atoms with van der Waals surface area (Å²) in [5, 5.41) is 0. The summed E-state index contributed by atoms with van der Waals surface area (Å²) in [7, 11) is 0. The van der Waals surface area contributed by atoms with E-state index in [2.05, 4.69) is 15.0 Å². The smallest absolute Gasteiger partial charge is 0.162 e. The monoisotopic (exact) mass is 200 g/mol. The number of aryl methyl sites for hydroxylation is 1. The Morgan fingerprint density at radius 1 is 1.20 bits per heavy atom. The van der Waals surface area contributed by atoms with Crippen molar-refractivity contribution < 1.29 is 0 Å². The SMILES string of the molecule is CCc1ccc(-c2ncccn2)c(N)n1. The molecule has 76 valence electrons. The van der Waals surface area contributed by atoms with Crippen LogP contribution in [-0.4, -0.2) is 15.0 Å². The van der Waals surface area contributed by atoms with Crippen molar-refractivity contribution in [3.63, 3.8) is 0 Å². The first-order chi connectivity index (χ1) is 7.31. The molecular formula is C11H12N4. The highest BCUT2D eigenvalue weighted by molar-refractivity contribution is 5.67. The molecule has 4 heteroatoms. The summed E-state index contributed by atoms with van der Waals surface area (Å²) in [4.78, 5) is 12.5. The van der Waals surface area contributed by atoms with E-state index in [9.17, 15) is 0 Å². The predicted molar refractivity (Wildman–Crippen MR) is 59.1 cm³/mol. The minimum Gasteiger partial charge on any atom is -0.383 e. The van der Waals surface area contributed by atoms with E-state index < -0.39 is 0 Å². The third kappa shape index (κ3) is 1.93. The maximum absolute atomic E-state index is 5.84. The van der Waals surface area contributed by atoms with Crippen LogP contribution < -0.4 is 5.73 Å². The molecule has 2 aromatic heterocycles. The van der Waals surface area contributed by atoms with E-state index in [4.69, 9.17) is 5.73 Å². The van der Waals surface area contributed by atoms with Crippen LogP contribution in [0.2, 0.25) is 0 Å². The number of hydrogen-bond acceptors (Lipinski definition) is 4. The lowest BCUT2D eigenvalue weighted by Gasteiger charge is -2.04. The molecule has 0 saturated heterocycles. The lowest BCUT2D eigenvalue weighted by molar-refractivity contribution is 1.04. The second-order valence-electron chi connectivity index (χ2n) is 3.16. The molecule has 0 unspecified atom stereocenters. The Kier molecular flexibility index (Phi) is 2.58. The average molecular weight is 200 g/mol. The topological polar surface area (TPSA) is 64.7 Å². The van der Waals surface area contributed by atoms with Crippen LogP contribution in [0.3, 0.4) is 0 Å². The highest BCUT2D eigenvalue weighted by atomic mass is 14.9. The number of anilines is 1. The molecule has 0 amide bonds. The molecule has 2 aromatic rings. The van der Waals surface area contributed by atoms with Gasteiger partial charge in [-0.15, -0.1) is 0 Å². The van der Waals surface area contributed by atoms with Gasteiger partial charge in [0.15, 0.2) is 5.82 Å². The summed E-state index contributed by atoms with van der Waals surface area (Å²) >= 11 is 0. The molecule has 0 bridgehead atoms. The molecular weight excluding hydrogens is 188 g/mol. The minimum atomic E-state index is 0.487. The van der Waals surface area contributed by atoms with Crippen LogP contribution in [0.5, 0.6) is 0 Å². The molecule has 0 aromatic carbocycles. The van der Waals surface area contributed by atoms with Gasteiger partial charge in [0.2, 0.25) is 0 Å². The first kappa shape index (κ1) is 9.58. The normalized spacial score (nSPS) is 10.2. The number of aromatic nitrogens is 3. The molecule has 0 aliphatic heterocycles. The van der Waals surface area contributed by atoms with Gasteiger partial charge in [-0.2, -0.15) is 0 Å². The third-order valence-corrected chi connectivity index (χ3v) is 2.15. The van der Waals surface area contributed by atoms with Crippen molar-refractivity contribution >= 4 is 5.82 Å². The average Bonchev–Trinajstić information content (AvgIpc) is 2.30. The van der Waals surface area contributed by atoms with E-state index in [0.29, 0.717) is 11.6 Å². The van der Waals surface area contributed by atoms with Gasteiger partial charge in [0.1, 0.15) is 5.82 Å². The van der Waals surface area contributed by atoms with E-state index >= 15 is 0 Å². The Morgan fingerprint density at radius 2 is 1.93 bits per heavy atom. The van der Waals surface area contributed by atoms with Crippen molar-refractivity contribution in [2.24, 2.45) is 0 Å². The summed E-state index contributed by atoms with van der Waals surface area (Å²) < 4.78 is 0. The summed E-state index contributed by atoms with van der Waals surface area (Å²) in [6.07, 6.45) is 4.26. The second-order valence-corrected chi connectivity index (χ2v) is 3.16. The van der Waals surface area contributed by atoms with E-state index in [0.717, 1.165) is 17.7 Å². The predicted octanol–water partition coefficient (Wildman–Crippen LogP) is 1.68. The molecule has 0 fully saturated rings. The Labute approximate surface area is 88.2 Å². The number of rotatable bonds is 2. The van der Waals surface area contributed by atoms with E-state index in [1.54, 1.807) is 18.5 Å². The number of nitrogens with two attached hydrogens (primary N) is 1. The zero-order chi connectivity index (χ0) is 10.7. The van der Waals surface area contributed by atoms with Gasteiger partial charge in [0.05, 0.1) is 5.56 Å². The number of nitrogen functional groups attached to an aromatic ring is 1. The molecule has 0 radical (unpaired) electrons. The molecule has 0 spiro atoms. The number of pyridine rings is 1. The minimum absolute atomic E-state index is 0.487. The van der Waals surface area contributed by atoms with Crippen LogP contribution in [0, 0.1) is 0 Å². The first-order valence-corrected chi connectivity index (χ1v) is 4.84. The third-order valence-electron chi connectivity index (χ3n) is 2.15. The first-order valence-electron chi connectivity index (χ1n) is 4.84. The van der Waals surface area contributed by atoms with Crippen molar-refractivity contribution in [2.45, 2.75) is 13.3 Å². The number of hydrogen-bond donors (Lipinski definition) is 1. The summed E-state index contributed by atoms with van der Waals surface area (Å²) in [6.45, 7) is 2.04. The van der Waals surface area contributed by atoms with Gasteiger partial charge < -0.3 is 5.73 Å². The molecule has 0 saturated carbocycles. The van der Waals surface area contributed by atoms with Crippen molar-refractivity contribution in [3.05, 3.63) is 36.3 Å². The maximum atomic E-state index is 5.84. The van der Waals surface area contributed by atoms with Crippen LogP contribution in [0.4, 0.5) is 5.82 Å². The fourth-order valence-electron chi connectivity index (χ4n) is 1.34. The molecule has 15 heavy (non-hydrogen) atoms. The van der Waals surface area contributed by atoms with Crippen LogP contribution in [-0.2, 0) is 6.42 Å². The molecule has 0 aliphatic rings. The van der Waals surface area contributed by atoms with Crippen molar-refractivity contribution in [2.75, 3.05) is 5.73 Å². The van der Waals surface area contributed by atoms with Gasteiger partial charge in [-0.1, -0.05) is 6.92 Å². The molecule has 2 heterocycles. The van der Waals surface area contributed by atoms with Gasteiger partial charge in [0, 0.05) is 18.1 Å². The van der Waals surface area contributed by atoms with Crippen molar-refractivity contribution in [3.8, 4) is 11.4 Å². The molecule has 2 N–H and O–H groups in total. The molecule has 2 rings (SSSR count). The summed E-state index contributed by atoms with van der Waals surface area (Å²) in [5.74, 6) is 1.10. The standard InChI is InChI=1S/C11H12N4/c1-2-8-4-5-9(10(12)15-8)11-13-6-3-7-14-11/h3-7H,2H2,1H3,(H2,12,15). The van der Waals surface area contributed by atoms with E-state index in [1.165, 1.54) is 0 Å². The van der Waals surface area contributed by atoms with Gasteiger partial charge in [-0.05, 0) is 24.6 Å². The lowest BCUT2D eigenvalue weighted by Crippen LogP contribution is -1.99. The van der Waals surface area contributed by atoms with Crippen LogP contribution in [0.25, 0.3) is 11.4 Å². The zero-order valence-corrected chi connectivity index (χ0v) is 8.51. The lowest BCUT2D eigenvalue weighted by atomic mass is 10.2. The second kappa shape index (κ2) is 4.04. The molecule has 0 atom stereocenters. The van der Waals surface area contributed by atoms with Crippen LogP contribution in [0.1, 0.15) is 12.6 Å². The van der Waals surface area contributed by atoms with Crippen molar-refractivity contribution in [1.29, 1.82) is 0 Å². The van der Waals surface area contributed by atoms with Crippen LogP contribution >= 0.6 is 0 Å². The fourth-order valence-corrected chi connectivity index (χ4v) is 1.34. The zero-order valence-electron chi connectivity index (χ0n) is 8.51. The Hall–Kier alpha value is -1.97. The summed E-state index contributed by atoms with van der Waals surface area (Å²) in [6, 6.07) is 5.63. The fraction of sp³-hybridized carbons (Fsp3) is 0.182. The van der Waals surface area contributed by atoms with E-state index in [1.807, 2.05) is 19.1 Å². The largest absolute Gasteiger partial charge is 0.383 e. The van der Waals surface area contributed by atoms with Gasteiger partial charge in [-0.25, -0.2) is 15.0 Å². The van der Waals surface area contributed by atoms with Crippen LogP contribution in [0.15, 0.2) is 30.6 Å². The highest BCUT2D eigenvalue weighted by Gasteiger charge is 2.06. The van der Waals surface area contributed by atoms with Gasteiger partial charge in [-0.3, -0.25) is 0 Å². The van der Waals surface area contributed by atoms with Crippen molar-refractivity contribution in [1.82, 2.24) is 15.0 Å². The van der Waals surface area contributed by atoms with Gasteiger partial charge >= 0.3 is 0 Å². The molecule has 4 nitrogen and oxygen atoms in total. The molecule has 0 aliphatic carbocycles.